The number of esters is 1. The van der Waals surface area contributed by atoms with Gasteiger partial charge < -0.3 is 15.8 Å². The van der Waals surface area contributed by atoms with Crippen LogP contribution in [0.3, 0.4) is 0 Å². The van der Waals surface area contributed by atoms with Gasteiger partial charge in [-0.2, -0.15) is 0 Å². The second-order valence-corrected chi connectivity index (χ2v) is 4.36. The number of carbonyl (C=O) groups excluding carboxylic acids is 1. The van der Waals surface area contributed by atoms with Gasteiger partial charge >= 0.3 is 5.97 Å². The van der Waals surface area contributed by atoms with E-state index in [2.05, 4.69) is 17.2 Å². The van der Waals surface area contributed by atoms with E-state index in [1.54, 1.807) is 0 Å². The molecule has 0 saturated carbocycles. The lowest BCUT2D eigenvalue weighted by molar-refractivity contribution is -0.147. The summed E-state index contributed by atoms with van der Waals surface area (Å²) in [6.07, 6.45) is 1.99. The quantitative estimate of drug-likeness (QED) is 0.307. The Morgan fingerprint density at radius 2 is 2.06 bits per heavy atom. The maximum atomic E-state index is 11.2. The topological polar surface area (TPSA) is 76.7 Å². The molecule has 0 aromatic carbocycles. The molecule has 17 heavy (non-hydrogen) atoms. The number of nitrogens with two attached hydrogens (primary N) is 1. The zero-order chi connectivity index (χ0) is 13.3. The van der Waals surface area contributed by atoms with Gasteiger partial charge in [0.2, 0.25) is 0 Å². The third kappa shape index (κ3) is 9.66. The van der Waals surface area contributed by atoms with Crippen molar-refractivity contribution in [3.8, 4) is 0 Å². The number of carbonyl (C=O) groups is 1. The number of hydrogen-bond acceptors (Lipinski definition) is 3. The summed E-state index contributed by atoms with van der Waals surface area (Å²) in [6, 6.07) is 0.324. The molecular formula is C12H25N3O2. The fourth-order valence-electron chi connectivity index (χ4n) is 1.14. The van der Waals surface area contributed by atoms with Crippen LogP contribution in [0.15, 0.2) is 4.99 Å². The third-order valence-corrected chi connectivity index (χ3v) is 2.19. The van der Waals surface area contributed by atoms with E-state index in [-0.39, 0.29) is 12.1 Å². The van der Waals surface area contributed by atoms with Crippen molar-refractivity contribution in [1.82, 2.24) is 5.32 Å². The second-order valence-electron chi connectivity index (χ2n) is 4.36. The Morgan fingerprint density at radius 3 is 2.59 bits per heavy atom. The van der Waals surface area contributed by atoms with Crippen LogP contribution in [0.5, 0.6) is 0 Å². The highest BCUT2D eigenvalue weighted by molar-refractivity contribution is 5.78. The lowest BCUT2D eigenvalue weighted by Gasteiger charge is -2.11. The van der Waals surface area contributed by atoms with Gasteiger partial charge in [-0.1, -0.05) is 6.92 Å². The Kier molecular flexibility index (Phi) is 8.19. The van der Waals surface area contributed by atoms with Gasteiger partial charge in [-0.3, -0.25) is 9.79 Å². The number of nitrogens with one attached hydrogen (secondary N) is 1. The van der Waals surface area contributed by atoms with Gasteiger partial charge in [-0.15, -0.1) is 0 Å². The van der Waals surface area contributed by atoms with Crippen molar-refractivity contribution in [2.45, 2.75) is 59.1 Å². The highest BCUT2D eigenvalue weighted by Gasteiger charge is 2.04. The average molecular weight is 243 g/mol. The van der Waals surface area contributed by atoms with Crippen LogP contribution in [-0.4, -0.2) is 30.6 Å². The van der Waals surface area contributed by atoms with E-state index in [0.717, 1.165) is 6.42 Å². The summed E-state index contributed by atoms with van der Waals surface area (Å²) in [5.41, 5.74) is 5.67. The van der Waals surface area contributed by atoms with Crippen molar-refractivity contribution in [1.29, 1.82) is 0 Å². The summed E-state index contributed by atoms with van der Waals surface area (Å²) in [4.78, 5) is 15.3. The first-order valence-corrected chi connectivity index (χ1v) is 6.21. The second kappa shape index (κ2) is 8.84. The molecule has 1 atom stereocenters. The number of nitrogens with zero attached hydrogens (tertiary/aromatic N) is 1. The Bertz CT molecular complexity index is 252. The Balaban J connectivity index is 3.68. The number of hydrogen-bond donors (Lipinski definition) is 2. The van der Waals surface area contributed by atoms with Crippen LogP contribution in [0.4, 0.5) is 0 Å². The summed E-state index contributed by atoms with van der Waals surface area (Å²) in [5, 5.41) is 3.06. The average Bonchev–Trinajstić information content (AvgIpc) is 2.23. The first-order valence-electron chi connectivity index (χ1n) is 6.21. The molecule has 0 heterocycles. The fourth-order valence-corrected chi connectivity index (χ4v) is 1.14. The van der Waals surface area contributed by atoms with Gasteiger partial charge in [0.15, 0.2) is 5.96 Å². The number of aliphatic imine (C=N–C) groups is 1. The van der Waals surface area contributed by atoms with Gasteiger partial charge in [0.25, 0.3) is 0 Å². The molecule has 0 spiro atoms. The molecule has 0 amide bonds. The molecule has 0 rings (SSSR count). The molecule has 5 nitrogen and oxygen atoms in total. The molecule has 0 bridgehead atoms. The molecule has 0 aromatic heterocycles. The van der Waals surface area contributed by atoms with Crippen LogP contribution in [0.2, 0.25) is 0 Å². The minimum Gasteiger partial charge on any atom is -0.463 e. The molecule has 0 aliphatic carbocycles. The number of ether oxygens (including phenoxy) is 1. The van der Waals surface area contributed by atoms with Crippen LogP contribution >= 0.6 is 0 Å². The van der Waals surface area contributed by atoms with Crippen molar-refractivity contribution in [2.24, 2.45) is 10.7 Å². The van der Waals surface area contributed by atoms with E-state index >= 15 is 0 Å². The van der Waals surface area contributed by atoms with Gasteiger partial charge in [-0.05, 0) is 33.6 Å². The van der Waals surface area contributed by atoms with E-state index in [9.17, 15) is 4.79 Å². The first kappa shape index (κ1) is 15.7. The molecule has 0 aliphatic rings. The maximum Gasteiger partial charge on any atom is 0.306 e. The van der Waals surface area contributed by atoms with E-state index in [1.807, 2.05) is 20.8 Å². The lowest BCUT2D eigenvalue weighted by atomic mass is 10.3. The van der Waals surface area contributed by atoms with Gasteiger partial charge in [0.1, 0.15) is 0 Å². The van der Waals surface area contributed by atoms with Gasteiger partial charge in [-0.25, -0.2) is 0 Å². The predicted molar refractivity (Wildman–Crippen MR) is 69.8 cm³/mol. The summed E-state index contributed by atoms with van der Waals surface area (Å²) in [5.74, 6) is 0.264. The van der Waals surface area contributed by atoms with Crippen LogP contribution in [0.1, 0.15) is 47.0 Å². The molecule has 0 aliphatic heterocycles. The molecule has 0 saturated heterocycles. The molecule has 0 radical (unpaired) electrons. The van der Waals surface area contributed by atoms with Gasteiger partial charge in [0.05, 0.1) is 6.10 Å². The van der Waals surface area contributed by atoms with Crippen LogP contribution in [-0.2, 0) is 9.53 Å². The van der Waals surface area contributed by atoms with Crippen molar-refractivity contribution >= 4 is 11.9 Å². The highest BCUT2D eigenvalue weighted by atomic mass is 16.5. The Morgan fingerprint density at radius 1 is 1.41 bits per heavy atom. The third-order valence-electron chi connectivity index (χ3n) is 2.19. The van der Waals surface area contributed by atoms with E-state index in [0.29, 0.717) is 31.4 Å². The zero-order valence-electron chi connectivity index (χ0n) is 11.3. The van der Waals surface area contributed by atoms with Gasteiger partial charge in [0, 0.05) is 19.0 Å². The lowest BCUT2D eigenvalue weighted by Crippen LogP contribution is -2.38. The Hall–Kier alpha value is -1.26. The Labute approximate surface area is 104 Å². The minimum absolute atomic E-state index is 0.0526. The fraction of sp³-hybridized carbons (Fsp3) is 0.833. The molecule has 1 unspecified atom stereocenters. The zero-order valence-corrected chi connectivity index (χ0v) is 11.3. The molecule has 100 valence electrons. The van der Waals surface area contributed by atoms with Crippen molar-refractivity contribution in [3.63, 3.8) is 0 Å². The summed E-state index contributed by atoms with van der Waals surface area (Å²) in [7, 11) is 0. The molecule has 0 fully saturated rings. The van der Waals surface area contributed by atoms with E-state index in [1.165, 1.54) is 0 Å². The van der Waals surface area contributed by atoms with Crippen LogP contribution in [0.25, 0.3) is 0 Å². The smallest absolute Gasteiger partial charge is 0.306 e. The standard InChI is InChI=1S/C12H25N3O2/c1-5-10(4)15-12(13)14-8-6-7-11(16)17-9(2)3/h9-10H,5-8H2,1-4H3,(H3,13,14,15). The van der Waals surface area contributed by atoms with Crippen molar-refractivity contribution in [2.75, 3.05) is 6.54 Å². The summed E-state index contributed by atoms with van der Waals surface area (Å²) < 4.78 is 5.00. The normalized spacial score (nSPS) is 13.6. The molecular weight excluding hydrogens is 218 g/mol. The maximum absolute atomic E-state index is 11.2. The molecule has 5 heteroatoms. The number of rotatable bonds is 7. The number of guanidine groups is 1. The summed E-state index contributed by atoms with van der Waals surface area (Å²) >= 11 is 0. The largest absolute Gasteiger partial charge is 0.463 e. The highest BCUT2D eigenvalue weighted by Crippen LogP contribution is 1.97. The van der Waals surface area contributed by atoms with E-state index < -0.39 is 0 Å². The monoisotopic (exact) mass is 243 g/mol. The molecule has 3 N–H and O–H groups in total. The first-order chi connectivity index (χ1) is 7.95. The minimum atomic E-state index is -0.177. The van der Waals surface area contributed by atoms with E-state index in [4.69, 9.17) is 10.5 Å². The van der Waals surface area contributed by atoms with Crippen LogP contribution < -0.4 is 11.1 Å². The summed E-state index contributed by atoms with van der Waals surface area (Å²) in [6.45, 7) is 8.34. The molecule has 0 aromatic rings. The predicted octanol–water partition coefficient (Wildman–Crippen LogP) is 1.42. The van der Waals surface area contributed by atoms with Crippen molar-refractivity contribution < 1.29 is 9.53 Å². The SMILES string of the molecule is CCC(C)NC(N)=NCCCC(=O)OC(C)C. The van der Waals surface area contributed by atoms with Crippen molar-refractivity contribution in [3.05, 3.63) is 0 Å². The van der Waals surface area contributed by atoms with Crippen LogP contribution in [0, 0.1) is 0 Å².